The Bertz CT molecular complexity index is 1100. The van der Waals surface area contributed by atoms with Gasteiger partial charge in [0.25, 0.3) is 0 Å². The summed E-state index contributed by atoms with van der Waals surface area (Å²) < 4.78 is 36.9. The minimum atomic E-state index is -3.84. The van der Waals surface area contributed by atoms with Crippen molar-refractivity contribution < 1.29 is 27.5 Å². The first-order valence-electron chi connectivity index (χ1n) is 10.8. The van der Waals surface area contributed by atoms with Gasteiger partial charge in [0.1, 0.15) is 12.6 Å². The molecule has 9 nitrogen and oxygen atoms in total. The molecule has 2 aromatic rings. The fourth-order valence-electron chi connectivity index (χ4n) is 3.57. The van der Waals surface area contributed by atoms with Gasteiger partial charge in [-0.1, -0.05) is 36.8 Å². The minimum absolute atomic E-state index is 0.161. The molecular formula is C24H33N3O6S. The van der Waals surface area contributed by atoms with E-state index in [9.17, 15) is 18.0 Å². The van der Waals surface area contributed by atoms with Crippen LogP contribution in [0.4, 0.5) is 5.69 Å². The largest absolute Gasteiger partial charge is 0.493 e. The minimum Gasteiger partial charge on any atom is -0.493 e. The standard InChI is InChI=1S/C24H33N3O6S/c1-7-20(24(29)25-3)26(15-18-10-8-17(2)9-11-18)23(28)16-27(34(6,30)31)19-12-13-21(32-4)22(14-19)33-5/h8-14,20H,7,15-16H2,1-6H3,(H,25,29)/t20-/m1/s1. The van der Waals surface area contributed by atoms with Gasteiger partial charge in [-0.25, -0.2) is 8.42 Å². The van der Waals surface area contributed by atoms with Crippen LogP contribution >= 0.6 is 0 Å². The summed E-state index contributed by atoms with van der Waals surface area (Å²) in [5.41, 5.74) is 2.15. The number of nitrogens with zero attached hydrogens (tertiary/aromatic N) is 2. The van der Waals surface area contributed by atoms with Crippen molar-refractivity contribution in [1.29, 1.82) is 0 Å². The van der Waals surface area contributed by atoms with Crippen LogP contribution < -0.4 is 19.1 Å². The van der Waals surface area contributed by atoms with E-state index in [-0.39, 0.29) is 18.1 Å². The predicted molar refractivity (Wildman–Crippen MR) is 132 cm³/mol. The maximum atomic E-state index is 13.5. The van der Waals surface area contributed by atoms with Crippen LogP contribution in [-0.2, 0) is 26.2 Å². The number of ether oxygens (including phenoxy) is 2. The van der Waals surface area contributed by atoms with Crippen LogP contribution in [-0.4, -0.2) is 65.2 Å². The number of rotatable bonds is 11. The highest BCUT2D eigenvalue weighted by Crippen LogP contribution is 2.32. The van der Waals surface area contributed by atoms with Crippen LogP contribution in [0.1, 0.15) is 24.5 Å². The van der Waals surface area contributed by atoms with Gasteiger partial charge in [0, 0.05) is 19.7 Å². The Morgan fingerprint density at radius 3 is 2.15 bits per heavy atom. The Hall–Kier alpha value is -3.27. The molecule has 0 spiro atoms. The molecule has 0 unspecified atom stereocenters. The fraction of sp³-hybridized carbons (Fsp3) is 0.417. The average Bonchev–Trinajstić information content (AvgIpc) is 2.82. The zero-order valence-corrected chi connectivity index (χ0v) is 21.3. The van der Waals surface area contributed by atoms with Gasteiger partial charge in [-0.05, 0) is 31.0 Å². The molecule has 0 fully saturated rings. The highest BCUT2D eigenvalue weighted by molar-refractivity contribution is 7.92. The SMILES string of the molecule is CC[C@H](C(=O)NC)N(Cc1ccc(C)cc1)C(=O)CN(c1ccc(OC)c(OC)c1)S(C)(=O)=O. The summed E-state index contributed by atoms with van der Waals surface area (Å²) in [4.78, 5) is 27.5. The highest BCUT2D eigenvalue weighted by Gasteiger charge is 2.31. The number of benzene rings is 2. The molecule has 2 aromatic carbocycles. The molecular weight excluding hydrogens is 458 g/mol. The van der Waals surface area contributed by atoms with E-state index in [2.05, 4.69) is 5.32 Å². The molecule has 0 aliphatic carbocycles. The fourth-order valence-corrected chi connectivity index (χ4v) is 4.41. The number of anilines is 1. The third kappa shape index (κ3) is 6.63. The van der Waals surface area contributed by atoms with E-state index in [1.54, 1.807) is 13.0 Å². The molecule has 0 bridgehead atoms. The summed E-state index contributed by atoms with van der Waals surface area (Å²) in [5.74, 6) is -0.0664. The monoisotopic (exact) mass is 491 g/mol. The van der Waals surface area contributed by atoms with E-state index in [0.717, 1.165) is 21.7 Å². The van der Waals surface area contributed by atoms with Gasteiger partial charge < -0.3 is 19.7 Å². The van der Waals surface area contributed by atoms with Crippen molar-refractivity contribution in [1.82, 2.24) is 10.2 Å². The Morgan fingerprint density at radius 1 is 1.03 bits per heavy atom. The molecule has 2 amide bonds. The van der Waals surface area contributed by atoms with Gasteiger partial charge in [0.15, 0.2) is 11.5 Å². The summed E-state index contributed by atoms with van der Waals surface area (Å²) in [6, 6.07) is 11.5. The molecule has 0 saturated heterocycles. The molecule has 10 heteroatoms. The number of methoxy groups -OCH3 is 2. The molecule has 1 N–H and O–H groups in total. The number of carbonyl (C=O) groups excluding carboxylic acids is 2. The number of aryl methyl sites for hydroxylation is 1. The number of likely N-dealkylation sites (N-methyl/N-ethyl adjacent to an activating group) is 1. The molecule has 0 heterocycles. The second-order valence-corrected chi connectivity index (χ2v) is 9.76. The number of amides is 2. The second-order valence-electron chi connectivity index (χ2n) is 7.85. The number of sulfonamides is 1. The predicted octanol–water partition coefficient (Wildman–Crippen LogP) is 2.33. The van der Waals surface area contributed by atoms with E-state index >= 15 is 0 Å². The zero-order chi connectivity index (χ0) is 25.5. The van der Waals surface area contributed by atoms with Crippen LogP contribution in [0.5, 0.6) is 11.5 Å². The van der Waals surface area contributed by atoms with Crippen LogP contribution in [0.2, 0.25) is 0 Å². The smallest absolute Gasteiger partial charge is 0.244 e. The third-order valence-electron chi connectivity index (χ3n) is 5.44. The van der Waals surface area contributed by atoms with Crippen molar-refractivity contribution in [2.24, 2.45) is 0 Å². The van der Waals surface area contributed by atoms with Crippen molar-refractivity contribution in [3.05, 3.63) is 53.6 Å². The van der Waals surface area contributed by atoms with Gasteiger partial charge in [0.05, 0.1) is 26.2 Å². The first-order valence-corrected chi connectivity index (χ1v) is 12.7. The lowest BCUT2D eigenvalue weighted by molar-refractivity contribution is -0.140. The maximum Gasteiger partial charge on any atom is 0.244 e. The number of nitrogens with one attached hydrogen (secondary N) is 1. The summed E-state index contributed by atoms with van der Waals surface area (Å²) >= 11 is 0. The molecule has 2 rings (SSSR count). The van der Waals surface area contributed by atoms with Crippen molar-refractivity contribution in [3.63, 3.8) is 0 Å². The Labute approximate surface area is 201 Å². The average molecular weight is 492 g/mol. The van der Waals surface area contributed by atoms with Crippen molar-refractivity contribution in [2.45, 2.75) is 32.9 Å². The molecule has 0 aliphatic rings. The van der Waals surface area contributed by atoms with Crippen molar-refractivity contribution in [3.8, 4) is 11.5 Å². The van der Waals surface area contributed by atoms with Crippen molar-refractivity contribution in [2.75, 3.05) is 38.4 Å². The maximum absolute atomic E-state index is 13.5. The Morgan fingerprint density at radius 2 is 1.65 bits per heavy atom. The number of hydrogen-bond donors (Lipinski definition) is 1. The number of carbonyl (C=O) groups is 2. The van der Waals surface area contributed by atoms with E-state index in [0.29, 0.717) is 17.9 Å². The van der Waals surface area contributed by atoms with E-state index in [1.165, 1.54) is 38.3 Å². The van der Waals surface area contributed by atoms with Crippen LogP contribution in [0, 0.1) is 6.92 Å². The van der Waals surface area contributed by atoms with Gasteiger partial charge in [-0.3, -0.25) is 13.9 Å². The normalized spacial score (nSPS) is 11.9. The Balaban J connectivity index is 2.46. The third-order valence-corrected chi connectivity index (χ3v) is 6.58. The molecule has 0 radical (unpaired) electrons. The van der Waals surface area contributed by atoms with Crippen LogP contribution in [0.3, 0.4) is 0 Å². The van der Waals surface area contributed by atoms with Crippen LogP contribution in [0.15, 0.2) is 42.5 Å². The lowest BCUT2D eigenvalue weighted by atomic mass is 10.1. The topological polar surface area (TPSA) is 105 Å². The first kappa shape index (κ1) is 27.0. The molecule has 0 saturated carbocycles. The first-order chi connectivity index (χ1) is 16.0. The zero-order valence-electron chi connectivity index (χ0n) is 20.5. The van der Waals surface area contributed by atoms with Crippen LogP contribution in [0.25, 0.3) is 0 Å². The van der Waals surface area contributed by atoms with Gasteiger partial charge in [0.2, 0.25) is 21.8 Å². The molecule has 186 valence electrons. The highest BCUT2D eigenvalue weighted by atomic mass is 32.2. The lowest BCUT2D eigenvalue weighted by Gasteiger charge is -2.32. The second kappa shape index (κ2) is 11.7. The summed E-state index contributed by atoms with van der Waals surface area (Å²) in [7, 11) is 0.582. The molecule has 0 aromatic heterocycles. The summed E-state index contributed by atoms with van der Waals surface area (Å²) in [6.45, 7) is 3.44. The molecule has 0 aliphatic heterocycles. The van der Waals surface area contributed by atoms with E-state index < -0.39 is 28.5 Å². The van der Waals surface area contributed by atoms with Gasteiger partial charge >= 0.3 is 0 Å². The van der Waals surface area contributed by atoms with E-state index in [1.807, 2.05) is 31.2 Å². The summed E-state index contributed by atoms with van der Waals surface area (Å²) in [5, 5.41) is 2.59. The van der Waals surface area contributed by atoms with E-state index in [4.69, 9.17) is 9.47 Å². The quantitative estimate of drug-likeness (QED) is 0.517. The van der Waals surface area contributed by atoms with Gasteiger partial charge in [-0.15, -0.1) is 0 Å². The van der Waals surface area contributed by atoms with Crippen molar-refractivity contribution >= 4 is 27.5 Å². The van der Waals surface area contributed by atoms with Gasteiger partial charge in [-0.2, -0.15) is 0 Å². The molecule has 34 heavy (non-hydrogen) atoms. The lowest BCUT2D eigenvalue weighted by Crippen LogP contribution is -2.51. The summed E-state index contributed by atoms with van der Waals surface area (Å²) in [6.07, 6.45) is 1.39. The Kier molecular flexibility index (Phi) is 9.31. The molecule has 1 atom stereocenters. The number of hydrogen-bond acceptors (Lipinski definition) is 6.